The van der Waals surface area contributed by atoms with Crippen molar-refractivity contribution in [3.05, 3.63) is 58.6 Å². The Morgan fingerprint density at radius 2 is 1.74 bits per heavy atom. The number of piperidine rings is 1. The van der Waals surface area contributed by atoms with Crippen LogP contribution >= 0.6 is 11.6 Å². The van der Waals surface area contributed by atoms with Crippen LogP contribution in [0.2, 0.25) is 5.02 Å². The maximum atomic E-state index is 12.9. The van der Waals surface area contributed by atoms with Crippen molar-refractivity contribution < 1.29 is 14.4 Å². The molecule has 0 saturated carbocycles. The Kier molecular flexibility index (Phi) is 7.52. The molecule has 4 N–H and O–H groups in total. The predicted octanol–water partition coefficient (Wildman–Crippen LogP) is 3.64. The SMILES string of the molecule is CC(=O)NC(CC(=O)Nc1cc(C(N)=O)ccc1N1CCCCC1)c1ccc(Cl)cc1. The topological polar surface area (TPSA) is 105 Å². The first kappa shape index (κ1) is 22.6. The monoisotopic (exact) mass is 442 g/mol. The summed E-state index contributed by atoms with van der Waals surface area (Å²) in [5.41, 5.74) is 7.95. The fourth-order valence-electron chi connectivity index (χ4n) is 3.78. The minimum atomic E-state index is -0.557. The Hall–Kier alpha value is -3.06. The highest BCUT2D eigenvalue weighted by molar-refractivity contribution is 6.30. The molecule has 0 spiro atoms. The summed E-state index contributed by atoms with van der Waals surface area (Å²) in [5.74, 6) is -1.08. The van der Waals surface area contributed by atoms with E-state index >= 15 is 0 Å². The van der Waals surface area contributed by atoms with Crippen molar-refractivity contribution in [1.29, 1.82) is 0 Å². The molecular formula is C23H27ClN4O3. The highest BCUT2D eigenvalue weighted by Gasteiger charge is 2.21. The number of benzene rings is 2. The fraction of sp³-hybridized carbons (Fsp3) is 0.348. The van der Waals surface area contributed by atoms with Crippen LogP contribution in [0.4, 0.5) is 11.4 Å². The van der Waals surface area contributed by atoms with Crippen LogP contribution in [-0.4, -0.2) is 30.8 Å². The molecule has 1 aliphatic heterocycles. The number of primary amides is 1. The Morgan fingerprint density at radius 3 is 2.35 bits per heavy atom. The molecule has 0 aliphatic carbocycles. The molecule has 1 aliphatic rings. The van der Waals surface area contributed by atoms with Gasteiger partial charge in [0.25, 0.3) is 0 Å². The van der Waals surface area contributed by atoms with Crippen LogP contribution in [0.5, 0.6) is 0 Å². The molecule has 1 atom stereocenters. The fourth-order valence-corrected chi connectivity index (χ4v) is 3.91. The first-order valence-corrected chi connectivity index (χ1v) is 10.7. The molecule has 3 rings (SSSR count). The molecule has 164 valence electrons. The lowest BCUT2D eigenvalue weighted by atomic mass is 10.0. The zero-order valence-electron chi connectivity index (χ0n) is 17.5. The molecule has 31 heavy (non-hydrogen) atoms. The van der Waals surface area contributed by atoms with Crippen molar-refractivity contribution in [1.82, 2.24) is 5.32 Å². The van der Waals surface area contributed by atoms with Crippen LogP contribution in [-0.2, 0) is 9.59 Å². The Labute approximate surface area is 186 Å². The van der Waals surface area contributed by atoms with E-state index in [0.29, 0.717) is 16.3 Å². The second-order valence-corrected chi connectivity index (χ2v) is 8.14. The van der Waals surface area contributed by atoms with Crippen molar-refractivity contribution in [3.63, 3.8) is 0 Å². The van der Waals surface area contributed by atoms with Gasteiger partial charge in [-0.2, -0.15) is 0 Å². The summed E-state index contributed by atoms with van der Waals surface area (Å²) in [6.07, 6.45) is 3.36. The quantitative estimate of drug-likeness (QED) is 0.608. The van der Waals surface area contributed by atoms with Gasteiger partial charge in [0.15, 0.2) is 0 Å². The average Bonchev–Trinajstić information content (AvgIpc) is 2.74. The molecule has 0 radical (unpaired) electrons. The molecule has 1 saturated heterocycles. The third kappa shape index (κ3) is 6.21. The molecule has 1 heterocycles. The molecule has 1 unspecified atom stereocenters. The van der Waals surface area contributed by atoms with Crippen LogP contribution in [0.15, 0.2) is 42.5 Å². The molecule has 2 aromatic rings. The average molecular weight is 443 g/mol. The normalized spacial score (nSPS) is 14.6. The van der Waals surface area contributed by atoms with E-state index in [2.05, 4.69) is 15.5 Å². The summed E-state index contributed by atoms with van der Waals surface area (Å²) in [5, 5.41) is 6.31. The number of carbonyl (C=O) groups is 3. The van der Waals surface area contributed by atoms with E-state index in [1.54, 1.807) is 36.4 Å². The van der Waals surface area contributed by atoms with Gasteiger partial charge < -0.3 is 21.3 Å². The van der Waals surface area contributed by atoms with Crippen molar-refractivity contribution >= 4 is 40.7 Å². The van der Waals surface area contributed by atoms with E-state index in [-0.39, 0.29) is 18.2 Å². The number of nitrogens with one attached hydrogen (secondary N) is 2. The van der Waals surface area contributed by atoms with Gasteiger partial charge in [0.2, 0.25) is 17.7 Å². The van der Waals surface area contributed by atoms with Gasteiger partial charge in [-0.15, -0.1) is 0 Å². The number of anilines is 2. The van der Waals surface area contributed by atoms with Crippen LogP contribution in [0, 0.1) is 0 Å². The summed E-state index contributed by atoms with van der Waals surface area (Å²) in [6.45, 7) is 3.18. The van der Waals surface area contributed by atoms with Crippen molar-refractivity contribution in [2.75, 3.05) is 23.3 Å². The number of hydrogen-bond donors (Lipinski definition) is 3. The zero-order chi connectivity index (χ0) is 22.4. The van der Waals surface area contributed by atoms with Gasteiger partial charge in [-0.1, -0.05) is 23.7 Å². The number of nitrogens with zero attached hydrogens (tertiary/aromatic N) is 1. The number of amides is 3. The lowest BCUT2D eigenvalue weighted by Crippen LogP contribution is -2.32. The molecular weight excluding hydrogens is 416 g/mol. The lowest BCUT2D eigenvalue weighted by Gasteiger charge is -2.31. The number of carbonyl (C=O) groups excluding carboxylic acids is 3. The smallest absolute Gasteiger partial charge is 0.248 e. The summed E-state index contributed by atoms with van der Waals surface area (Å²) in [4.78, 5) is 38.5. The number of nitrogens with two attached hydrogens (primary N) is 1. The van der Waals surface area contributed by atoms with Gasteiger partial charge in [0.05, 0.1) is 23.8 Å². The van der Waals surface area contributed by atoms with Crippen molar-refractivity contribution in [3.8, 4) is 0 Å². The highest BCUT2D eigenvalue weighted by atomic mass is 35.5. The third-order valence-corrected chi connectivity index (χ3v) is 5.54. The van der Waals surface area contributed by atoms with E-state index in [4.69, 9.17) is 17.3 Å². The van der Waals surface area contributed by atoms with Gasteiger partial charge in [-0.05, 0) is 55.2 Å². The van der Waals surface area contributed by atoms with Crippen LogP contribution in [0.1, 0.15) is 54.6 Å². The van der Waals surface area contributed by atoms with E-state index in [0.717, 1.165) is 37.2 Å². The van der Waals surface area contributed by atoms with E-state index in [9.17, 15) is 14.4 Å². The van der Waals surface area contributed by atoms with Crippen molar-refractivity contribution in [2.45, 2.75) is 38.6 Å². The summed E-state index contributed by atoms with van der Waals surface area (Å²) < 4.78 is 0. The second kappa shape index (κ2) is 10.3. The third-order valence-electron chi connectivity index (χ3n) is 5.29. The summed E-state index contributed by atoms with van der Waals surface area (Å²) in [7, 11) is 0. The first-order chi connectivity index (χ1) is 14.8. The molecule has 3 amide bonds. The minimum Gasteiger partial charge on any atom is -0.370 e. The zero-order valence-corrected chi connectivity index (χ0v) is 18.2. The van der Waals surface area contributed by atoms with Crippen molar-refractivity contribution in [2.24, 2.45) is 5.73 Å². The second-order valence-electron chi connectivity index (χ2n) is 7.70. The van der Waals surface area contributed by atoms with E-state index < -0.39 is 11.9 Å². The van der Waals surface area contributed by atoms with Crippen LogP contribution in [0.25, 0.3) is 0 Å². The Morgan fingerprint density at radius 1 is 1.06 bits per heavy atom. The Bertz CT molecular complexity index is 956. The van der Waals surface area contributed by atoms with E-state index in [1.165, 1.54) is 13.3 Å². The van der Waals surface area contributed by atoms with Gasteiger partial charge in [0.1, 0.15) is 0 Å². The van der Waals surface area contributed by atoms with Gasteiger partial charge in [-0.3, -0.25) is 14.4 Å². The van der Waals surface area contributed by atoms with Gasteiger partial charge in [-0.25, -0.2) is 0 Å². The minimum absolute atomic E-state index is 0.0292. The number of rotatable bonds is 7. The molecule has 2 aromatic carbocycles. The number of halogens is 1. The number of hydrogen-bond acceptors (Lipinski definition) is 4. The maximum absolute atomic E-state index is 12.9. The van der Waals surface area contributed by atoms with Crippen LogP contribution in [0.3, 0.4) is 0 Å². The van der Waals surface area contributed by atoms with E-state index in [1.807, 2.05) is 6.07 Å². The summed E-state index contributed by atoms with van der Waals surface area (Å²) >= 11 is 5.96. The Balaban J connectivity index is 1.82. The van der Waals surface area contributed by atoms with Crippen LogP contribution < -0.4 is 21.3 Å². The largest absolute Gasteiger partial charge is 0.370 e. The summed E-state index contributed by atoms with van der Waals surface area (Å²) in [6, 6.07) is 11.6. The predicted molar refractivity (Wildman–Crippen MR) is 122 cm³/mol. The first-order valence-electron chi connectivity index (χ1n) is 10.3. The molecule has 7 nitrogen and oxygen atoms in total. The van der Waals surface area contributed by atoms with Gasteiger partial charge in [0, 0.05) is 30.6 Å². The molecule has 8 heteroatoms. The molecule has 0 aromatic heterocycles. The van der Waals surface area contributed by atoms with Gasteiger partial charge >= 0.3 is 0 Å². The standard InChI is InChI=1S/C23H27ClN4O3/c1-15(29)26-19(16-5-8-18(24)9-6-16)14-22(30)27-20-13-17(23(25)31)7-10-21(20)28-11-3-2-4-12-28/h5-10,13,19H,2-4,11-12,14H2,1H3,(H2,25,31)(H,26,29)(H,27,30). The maximum Gasteiger partial charge on any atom is 0.248 e. The molecule has 0 bridgehead atoms. The lowest BCUT2D eigenvalue weighted by molar-refractivity contribution is -0.120. The molecule has 1 fully saturated rings. The highest BCUT2D eigenvalue weighted by Crippen LogP contribution is 2.30.